The van der Waals surface area contributed by atoms with Crippen molar-refractivity contribution in [1.82, 2.24) is 14.8 Å². The van der Waals surface area contributed by atoms with Crippen molar-refractivity contribution in [1.29, 1.82) is 0 Å². The number of ether oxygens (including phenoxy) is 2. The summed E-state index contributed by atoms with van der Waals surface area (Å²) in [6.07, 6.45) is 7.45. The number of rotatable bonds is 8. The highest BCUT2D eigenvalue weighted by molar-refractivity contribution is 5.98. The smallest absolute Gasteiger partial charge is 0.410 e. The summed E-state index contributed by atoms with van der Waals surface area (Å²) in [6.45, 7) is 10.5. The van der Waals surface area contributed by atoms with Crippen molar-refractivity contribution in [3.8, 4) is 0 Å². The predicted octanol–water partition coefficient (Wildman–Crippen LogP) is 4.82. The van der Waals surface area contributed by atoms with E-state index in [2.05, 4.69) is 25.2 Å². The monoisotopic (exact) mass is 528 g/mol. The number of carbonyl (C=O) groups excluding carboxylic acids is 3. The van der Waals surface area contributed by atoms with E-state index >= 15 is 0 Å². The molecule has 0 aromatic carbocycles. The van der Waals surface area contributed by atoms with E-state index in [0.29, 0.717) is 30.6 Å². The molecule has 0 radical (unpaired) electrons. The van der Waals surface area contributed by atoms with Gasteiger partial charge in [0.05, 0.1) is 24.8 Å². The number of methoxy groups -OCH3 is 1. The van der Waals surface area contributed by atoms with Crippen LogP contribution in [-0.2, 0) is 14.3 Å². The van der Waals surface area contributed by atoms with Gasteiger partial charge < -0.3 is 24.6 Å². The third-order valence-corrected chi connectivity index (χ3v) is 7.50. The molecule has 1 aromatic heterocycles. The fourth-order valence-electron chi connectivity index (χ4n) is 5.21. The van der Waals surface area contributed by atoms with Crippen molar-refractivity contribution in [3.05, 3.63) is 23.5 Å². The fourth-order valence-corrected chi connectivity index (χ4v) is 5.21. The van der Waals surface area contributed by atoms with Gasteiger partial charge in [0, 0.05) is 31.9 Å². The van der Waals surface area contributed by atoms with Crippen LogP contribution >= 0.6 is 0 Å². The largest absolute Gasteiger partial charge is 0.469 e. The van der Waals surface area contributed by atoms with Crippen LogP contribution < -0.4 is 5.32 Å². The Bertz CT molecular complexity index is 1030. The number of piperidine rings is 1. The highest BCUT2D eigenvalue weighted by atomic mass is 16.6. The first-order valence-corrected chi connectivity index (χ1v) is 14.1. The number of esters is 1. The lowest BCUT2D eigenvalue weighted by atomic mass is 9.92. The van der Waals surface area contributed by atoms with E-state index in [1.165, 1.54) is 19.1 Å². The highest BCUT2D eigenvalue weighted by Gasteiger charge is 2.41. The van der Waals surface area contributed by atoms with Crippen LogP contribution in [0.15, 0.2) is 12.3 Å². The second-order valence-corrected chi connectivity index (χ2v) is 12.6. The zero-order valence-corrected chi connectivity index (χ0v) is 23.8. The first kappa shape index (κ1) is 28.2. The van der Waals surface area contributed by atoms with Crippen molar-refractivity contribution in [3.63, 3.8) is 0 Å². The zero-order chi connectivity index (χ0) is 27.6. The Morgan fingerprint density at radius 1 is 1.16 bits per heavy atom. The minimum Gasteiger partial charge on any atom is -0.469 e. The van der Waals surface area contributed by atoms with Crippen molar-refractivity contribution in [2.24, 2.45) is 11.8 Å². The van der Waals surface area contributed by atoms with Gasteiger partial charge in [-0.25, -0.2) is 9.78 Å². The number of nitrogens with one attached hydrogen (secondary N) is 1. The number of carbonyl (C=O) groups is 3. The first-order chi connectivity index (χ1) is 17.9. The molecule has 2 unspecified atom stereocenters. The maximum absolute atomic E-state index is 14.2. The van der Waals surface area contributed by atoms with E-state index in [4.69, 9.17) is 14.5 Å². The molecule has 2 saturated carbocycles. The van der Waals surface area contributed by atoms with Crippen LogP contribution in [0.1, 0.15) is 95.1 Å². The molecule has 1 aliphatic heterocycles. The summed E-state index contributed by atoms with van der Waals surface area (Å²) >= 11 is 0. The molecule has 9 heteroatoms. The highest BCUT2D eigenvalue weighted by Crippen LogP contribution is 2.41. The molecule has 210 valence electrons. The number of anilines is 1. The van der Waals surface area contributed by atoms with Crippen LogP contribution in [-0.4, -0.2) is 77.2 Å². The van der Waals surface area contributed by atoms with Crippen LogP contribution in [0.3, 0.4) is 0 Å². The molecule has 2 atom stereocenters. The average Bonchev–Trinajstić information content (AvgIpc) is 3.68. The molecule has 9 nitrogen and oxygen atoms in total. The molecule has 2 aliphatic carbocycles. The Labute approximate surface area is 226 Å². The van der Waals surface area contributed by atoms with Crippen LogP contribution in [0.4, 0.5) is 10.5 Å². The Balaban J connectivity index is 1.64. The van der Waals surface area contributed by atoms with E-state index in [1.807, 2.05) is 31.9 Å². The van der Waals surface area contributed by atoms with Gasteiger partial charge in [-0.15, -0.1) is 0 Å². The quantitative estimate of drug-likeness (QED) is 0.483. The molecule has 2 amide bonds. The Kier molecular flexibility index (Phi) is 8.52. The van der Waals surface area contributed by atoms with Gasteiger partial charge in [-0.05, 0) is 82.8 Å². The predicted molar refractivity (Wildman–Crippen MR) is 145 cm³/mol. The van der Waals surface area contributed by atoms with Gasteiger partial charge in [-0.2, -0.15) is 0 Å². The minimum atomic E-state index is -0.673. The number of aromatic nitrogens is 1. The molecule has 3 fully saturated rings. The standard InChI is InChI=1S/C29H44N4O5/c1-18(2)15-33(23-12-21(27(35)37-6)16-32(17-23)28(36)38-29(3,4)5)26(34)25-24(31-22-8-7-9-22)13-20(14-30-25)19-10-11-19/h13-14,18-19,21-23,31H,7-12,15-17H2,1-6H3. The van der Waals surface area contributed by atoms with Crippen molar-refractivity contribution in [2.75, 3.05) is 32.1 Å². The van der Waals surface area contributed by atoms with Crippen molar-refractivity contribution >= 4 is 23.7 Å². The average molecular weight is 529 g/mol. The van der Waals surface area contributed by atoms with Gasteiger partial charge in [-0.3, -0.25) is 9.59 Å². The maximum atomic E-state index is 14.2. The van der Waals surface area contributed by atoms with Gasteiger partial charge in [0.1, 0.15) is 5.60 Å². The summed E-state index contributed by atoms with van der Waals surface area (Å²) in [4.78, 5) is 47.9. The molecular formula is C29H44N4O5. The Morgan fingerprint density at radius 3 is 2.42 bits per heavy atom. The summed E-state index contributed by atoms with van der Waals surface area (Å²) in [7, 11) is 1.35. The lowest BCUT2D eigenvalue weighted by Gasteiger charge is -2.42. The van der Waals surface area contributed by atoms with Crippen LogP contribution in [0, 0.1) is 11.8 Å². The Morgan fingerprint density at radius 2 is 1.87 bits per heavy atom. The normalized spacial score (nSPS) is 22.0. The Hall–Kier alpha value is -2.84. The zero-order valence-electron chi connectivity index (χ0n) is 23.8. The first-order valence-electron chi connectivity index (χ1n) is 14.1. The SMILES string of the molecule is COC(=O)C1CC(N(CC(C)C)C(=O)c2ncc(C3CC3)cc2NC2CCC2)CN(C(=O)OC(C)(C)C)C1. The summed E-state index contributed by atoms with van der Waals surface area (Å²) in [5, 5.41) is 3.58. The molecule has 38 heavy (non-hydrogen) atoms. The number of amides is 2. The van der Waals surface area contributed by atoms with Crippen LogP contribution in [0.5, 0.6) is 0 Å². The number of nitrogens with zero attached hydrogens (tertiary/aromatic N) is 3. The molecule has 3 aliphatic rings. The van der Waals surface area contributed by atoms with Gasteiger partial charge in [-0.1, -0.05) is 13.8 Å². The second kappa shape index (κ2) is 11.5. The lowest BCUT2D eigenvalue weighted by molar-refractivity contribution is -0.148. The van der Waals surface area contributed by atoms with E-state index in [-0.39, 0.29) is 36.9 Å². The van der Waals surface area contributed by atoms with E-state index < -0.39 is 17.6 Å². The summed E-state index contributed by atoms with van der Waals surface area (Å²) in [5.41, 5.74) is 1.71. The van der Waals surface area contributed by atoms with Crippen molar-refractivity contribution < 1.29 is 23.9 Å². The van der Waals surface area contributed by atoms with Gasteiger partial charge in [0.2, 0.25) is 0 Å². The van der Waals surface area contributed by atoms with E-state index in [9.17, 15) is 14.4 Å². The molecule has 4 rings (SSSR count). The molecule has 0 spiro atoms. The fraction of sp³-hybridized carbons (Fsp3) is 0.724. The third-order valence-electron chi connectivity index (χ3n) is 7.50. The number of likely N-dealkylation sites (tertiary alicyclic amines) is 1. The number of hydrogen-bond acceptors (Lipinski definition) is 7. The molecule has 1 N–H and O–H groups in total. The topological polar surface area (TPSA) is 101 Å². The van der Waals surface area contributed by atoms with Crippen LogP contribution in [0.25, 0.3) is 0 Å². The molecule has 1 saturated heterocycles. The third kappa shape index (κ3) is 6.97. The maximum Gasteiger partial charge on any atom is 0.410 e. The molecular weight excluding hydrogens is 484 g/mol. The van der Waals surface area contributed by atoms with E-state index in [0.717, 1.165) is 31.4 Å². The molecule has 0 bridgehead atoms. The molecule has 1 aromatic rings. The van der Waals surface area contributed by atoms with Gasteiger partial charge >= 0.3 is 12.1 Å². The van der Waals surface area contributed by atoms with Crippen LogP contribution in [0.2, 0.25) is 0 Å². The number of hydrogen-bond donors (Lipinski definition) is 1. The lowest BCUT2D eigenvalue weighted by Crippen LogP contribution is -2.57. The molecule has 2 heterocycles. The summed E-state index contributed by atoms with van der Waals surface area (Å²) in [5.74, 6) is -0.406. The van der Waals surface area contributed by atoms with Gasteiger partial charge in [0.25, 0.3) is 5.91 Å². The minimum absolute atomic E-state index is 0.178. The van der Waals surface area contributed by atoms with Crippen molar-refractivity contribution in [2.45, 2.75) is 96.7 Å². The summed E-state index contributed by atoms with van der Waals surface area (Å²) in [6, 6.07) is 2.09. The van der Waals surface area contributed by atoms with E-state index in [1.54, 1.807) is 4.90 Å². The summed E-state index contributed by atoms with van der Waals surface area (Å²) < 4.78 is 10.7. The second-order valence-electron chi connectivity index (χ2n) is 12.6. The van der Waals surface area contributed by atoms with Gasteiger partial charge in [0.15, 0.2) is 5.69 Å². The number of pyridine rings is 1.